The summed E-state index contributed by atoms with van der Waals surface area (Å²) in [5, 5.41) is 30.6. The van der Waals surface area contributed by atoms with E-state index in [1.807, 2.05) is 38.2 Å². The molecule has 2 fully saturated rings. The van der Waals surface area contributed by atoms with Crippen LogP contribution < -0.4 is 10.6 Å². The average molecular weight is 1390 g/mol. The molecule has 0 aromatic heterocycles. The van der Waals surface area contributed by atoms with Crippen molar-refractivity contribution in [2.75, 3.05) is 26.4 Å². The molecule has 4 N–H and O–H groups in total. The van der Waals surface area contributed by atoms with E-state index in [0.717, 1.165) is 246 Å². The smallest absolute Gasteiger partial charge is 0.317 e. The molecule has 16 bridgehead atoms. The van der Waals surface area contributed by atoms with E-state index in [1.165, 1.54) is 0 Å². The number of carbonyl (C=O) groups excluding carboxylic acids is 4. The molecule has 0 radical (unpaired) electrons. The van der Waals surface area contributed by atoms with Crippen LogP contribution in [0.25, 0.3) is 0 Å². The van der Waals surface area contributed by atoms with Crippen molar-refractivity contribution >= 4 is 58.1 Å². The predicted molar refractivity (Wildman–Crippen MR) is 407 cm³/mol. The van der Waals surface area contributed by atoms with Gasteiger partial charge in [-0.05, 0) is 174 Å². The summed E-state index contributed by atoms with van der Waals surface area (Å²) < 4.78 is 22.2. The van der Waals surface area contributed by atoms with Gasteiger partial charge < -0.3 is 39.8 Å². The van der Waals surface area contributed by atoms with Crippen molar-refractivity contribution in [2.45, 2.75) is 204 Å². The number of aliphatic imine (C=N–C) groups is 6. The molecule has 0 amide bonds. The zero-order chi connectivity index (χ0) is 72.9. The van der Waals surface area contributed by atoms with Gasteiger partial charge in [-0.1, -0.05) is 104 Å². The molecule has 0 saturated carbocycles. The van der Waals surface area contributed by atoms with Crippen molar-refractivity contribution in [3.05, 3.63) is 208 Å². The summed E-state index contributed by atoms with van der Waals surface area (Å²) >= 11 is 0. The maximum atomic E-state index is 13.3. The van der Waals surface area contributed by atoms with Gasteiger partial charge in [-0.15, -0.1) is 0 Å². The first-order chi connectivity index (χ1) is 49.7. The highest BCUT2D eigenvalue weighted by Gasteiger charge is 2.44. The van der Waals surface area contributed by atoms with Gasteiger partial charge in [0, 0.05) is 106 Å². The monoisotopic (exact) mass is 1390 g/mol. The normalized spacial score (nSPS) is 22.3. The maximum absolute atomic E-state index is 13.3. The largest absolute Gasteiger partial charge is 0.511 e. The highest BCUT2D eigenvalue weighted by Crippen LogP contribution is 2.49. The maximum Gasteiger partial charge on any atom is 0.317 e. The number of hydrogen-bond acceptors (Lipinski definition) is 18. The topological polar surface area (TPSA) is 244 Å². The molecule has 10 aliphatic heterocycles. The molecule has 103 heavy (non-hydrogen) atoms. The zero-order valence-electron chi connectivity index (χ0n) is 61.9. The Morgan fingerprint density at radius 2 is 0.796 bits per heavy atom. The van der Waals surface area contributed by atoms with E-state index in [0.29, 0.717) is 63.3 Å². The summed E-state index contributed by atoms with van der Waals surface area (Å²) in [5.74, 6) is -1.17. The number of fused-ring (bicyclic) bond motifs is 10. The quantitative estimate of drug-likeness (QED) is 0.0227. The summed E-state index contributed by atoms with van der Waals surface area (Å²) in [6, 6.07) is 0. The first-order valence-corrected chi connectivity index (χ1v) is 37.5. The van der Waals surface area contributed by atoms with Crippen LogP contribution in [0.5, 0.6) is 0 Å². The molecule has 0 aromatic rings. The Labute approximate surface area is 606 Å². The molecule has 2 aliphatic carbocycles. The van der Waals surface area contributed by atoms with Gasteiger partial charge in [0.05, 0.1) is 94.9 Å². The van der Waals surface area contributed by atoms with Gasteiger partial charge in [0.25, 0.3) is 0 Å². The molecule has 2 saturated heterocycles. The molecule has 10 heterocycles. The van der Waals surface area contributed by atoms with Crippen LogP contribution in [0.1, 0.15) is 204 Å². The third kappa shape index (κ3) is 15.3. The molecule has 12 rings (SSSR count). The number of unbranched alkanes of at least 4 members (excludes halogenated alkanes) is 10. The Balaban J connectivity index is 0.510. The lowest BCUT2D eigenvalue weighted by Crippen LogP contribution is -2.16. The number of aliphatic hydroxyl groups excluding tert-OH is 2. The Morgan fingerprint density at radius 1 is 0.456 bits per heavy atom. The molecule has 0 spiro atoms. The van der Waals surface area contributed by atoms with Crippen molar-refractivity contribution in [3.8, 4) is 0 Å². The second-order valence-corrected chi connectivity index (χ2v) is 28.8. The minimum Gasteiger partial charge on any atom is -0.511 e. The van der Waals surface area contributed by atoms with Crippen LogP contribution in [0.3, 0.4) is 0 Å². The minimum absolute atomic E-state index is 0.00869. The average Bonchev–Trinajstić information content (AvgIpc) is 1.59. The number of allylic oxidation sites excluding steroid dienone is 24. The molecule has 12 aliphatic rings. The van der Waals surface area contributed by atoms with E-state index in [4.69, 9.17) is 48.9 Å². The number of ether oxygens (including phenoxy) is 4. The highest BCUT2D eigenvalue weighted by molar-refractivity contribution is 6.23. The fourth-order valence-corrected chi connectivity index (χ4v) is 16.2. The van der Waals surface area contributed by atoms with Crippen LogP contribution in [0, 0.1) is 23.7 Å². The van der Waals surface area contributed by atoms with Crippen molar-refractivity contribution < 1.29 is 48.3 Å². The van der Waals surface area contributed by atoms with E-state index in [1.54, 1.807) is 0 Å². The molecule has 18 heteroatoms. The lowest BCUT2D eigenvalue weighted by Gasteiger charge is -2.17. The van der Waals surface area contributed by atoms with Crippen molar-refractivity contribution in [1.82, 2.24) is 10.6 Å². The second kappa shape index (κ2) is 32.0. The van der Waals surface area contributed by atoms with Crippen molar-refractivity contribution in [1.29, 1.82) is 0 Å². The van der Waals surface area contributed by atoms with Gasteiger partial charge in [-0.2, -0.15) is 0 Å². The van der Waals surface area contributed by atoms with Gasteiger partial charge in [0.1, 0.15) is 17.9 Å². The van der Waals surface area contributed by atoms with Gasteiger partial charge in [-0.25, -0.2) is 30.0 Å². The van der Waals surface area contributed by atoms with E-state index < -0.39 is 18.4 Å². The van der Waals surface area contributed by atoms with E-state index in [9.17, 15) is 29.4 Å². The Morgan fingerprint density at radius 3 is 1.16 bits per heavy atom. The summed E-state index contributed by atoms with van der Waals surface area (Å²) in [6.07, 6.45) is 29.8. The van der Waals surface area contributed by atoms with Crippen LogP contribution in [0.4, 0.5) is 0 Å². The molecule has 540 valence electrons. The number of rotatable bonds is 30. The van der Waals surface area contributed by atoms with Crippen LogP contribution in [-0.4, -0.2) is 94.8 Å². The minimum atomic E-state index is -0.589. The molecular formula is C85H100N8O10. The van der Waals surface area contributed by atoms with Crippen LogP contribution in [0.15, 0.2) is 238 Å². The van der Waals surface area contributed by atoms with E-state index in [2.05, 4.69) is 103 Å². The molecule has 18 nitrogen and oxygen atoms in total. The zero-order valence-corrected chi connectivity index (χ0v) is 61.9. The molecule has 0 unspecified atom stereocenters. The lowest BCUT2D eigenvalue weighted by atomic mass is 9.86. The van der Waals surface area contributed by atoms with E-state index in [-0.39, 0.29) is 61.7 Å². The van der Waals surface area contributed by atoms with Crippen molar-refractivity contribution in [3.63, 3.8) is 0 Å². The number of carbonyl (C=O) groups is 4. The van der Waals surface area contributed by atoms with E-state index >= 15 is 0 Å². The van der Waals surface area contributed by atoms with Crippen LogP contribution in [-0.2, 0) is 38.1 Å². The number of nitrogens with zero attached hydrogens (tertiary/aromatic N) is 6. The third-order valence-corrected chi connectivity index (χ3v) is 22.3. The van der Waals surface area contributed by atoms with Gasteiger partial charge in [0.15, 0.2) is 0 Å². The van der Waals surface area contributed by atoms with Crippen molar-refractivity contribution in [2.24, 2.45) is 53.6 Å². The van der Waals surface area contributed by atoms with Gasteiger partial charge in [-0.3, -0.25) is 19.2 Å². The summed E-state index contributed by atoms with van der Waals surface area (Å²) in [7, 11) is 0. The predicted octanol–water partition coefficient (Wildman–Crippen LogP) is 17.5. The summed E-state index contributed by atoms with van der Waals surface area (Å²) in [4.78, 5) is 82.4. The Kier molecular flexibility index (Phi) is 22.7. The van der Waals surface area contributed by atoms with Gasteiger partial charge >= 0.3 is 23.9 Å². The first-order valence-electron chi connectivity index (χ1n) is 37.5. The van der Waals surface area contributed by atoms with Crippen LogP contribution in [0.2, 0.25) is 0 Å². The van der Waals surface area contributed by atoms with Crippen LogP contribution >= 0.6 is 0 Å². The molecule has 4 atom stereocenters. The second-order valence-electron chi connectivity index (χ2n) is 28.8. The first kappa shape index (κ1) is 73.2. The van der Waals surface area contributed by atoms with Gasteiger partial charge in [0.2, 0.25) is 0 Å². The SMILES string of the molecule is C=CC1=C(C)C2=NC1=CC1=NC(=CC3=C(C)C4=C(O)CC(=C5NC(=C2)[C@@H](C)[C@@H]5CCC(=O)OCCCCCCCCOC(=O)CC(=O)OCCCCCCCCOC(=O)CC[C@@H]2C5=C6CC(O)=C7C6=NC(=C7C)C=C6N=C(C=C7N=C(C=C(N5)[C@H]2C)C(C)=C7C=C)C(C)=C6CC)C4=N3)C(CC)=C1C. The summed E-state index contributed by atoms with van der Waals surface area (Å²) in [5.41, 5.74) is 27.6. The lowest BCUT2D eigenvalue weighted by molar-refractivity contribution is -0.155. The highest BCUT2D eigenvalue weighted by atomic mass is 16.6. The number of nitrogens with one attached hydrogen (secondary N) is 2. The Bertz CT molecular complexity index is 4170. The third-order valence-electron chi connectivity index (χ3n) is 22.3. The number of esters is 4. The summed E-state index contributed by atoms with van der Waals surface area (Å²) in [6.45, 7) is 30.4. The Hall–Kier alpha value is -9.58. The standard InChI is InChI=1S/C85H100N8O10/c1-13-54-46(5)62-39-66-50(9)58(82(90-66)60-37-74(94)80-52(11)68(92-84(60)80)43-72-56(15-3)48(7)64(88-72)41-70(54)86-62)29-31-76(96)100-33-25-21-17-19-23-27-35-102-78(98)45-79(99)103-36-28-24-20-18-22-26-34-101-77(97)32-30-59-51(10)67-40-63-47(6)55(14-2)71(87-63)42-65-49(8)57(16-4)73(89-65)44-69-53(12)81-75(95)38-61(83(59)91-67)85(81)93-69/h13-14,39-44,50-51,58-59,90-91,94-95H,1-2,15-38,45H2,3-12H3/t50-,51-,58-,59-/m0/s1. The fraction of sp³-hybridized carbons (Fsp3) is 0.459. The fourth-order valence-electron chi connectivity index (χ4n) is 16.2. The number of hydrogen-bond donors (Lipinski definition) is 4. The molecule has 0 aromatic carbocycles. The molecular weight excluding hydrogens is 1290 g/mol. The number of aliphatic hydroxyl groups is 2.